The number of H-pyrrole nitrogens is 1. The molecule has 0 aliphatic heterocycles. The minimum absolute atomic E-state index is 0.143. The van der Waals surface area contributed by atoms with Crippen LogP contribution in [0.3, 0.4) is 0 Å². The number of ether oxygens (including phenoxy) is 1. The Labute approximate surface area is 152 Å². The van der Waals surface area contributed by atoms with Gasteiger partial charge in [0.2, 0.25) is 0 Å². The van der Waals surface area contributed by atoms with E-state index < -0.39 is 0 Å². The largest absolute Gasteiger partial charge is 0.457 e. The maximum Gasteiger partial charge on any atom is 0.259 e. The smallest absolute Gasteiger partial charge is 0.259 e. The van der Waals surface area contributed by atoms with Crippen molar-refractivity contribution in [2.45, 2.75) is 0 Å². The van der Waals surface area contributed by atoms with Gasteiger partial charge in [-0.25, -0.2) is 4.98 Å². The van der Waals surface area contributed by atoms with Crippen LogP contribution in [0.5, 0.6) is 11.5 Å². The summed E-state index contributed by atoms with van der Waals surface area (Å²) in [6.45, 7) is 0. The first kappa shape index (κ1) is 15.6. The fourth-order valence-electron chi connectivity index (χ4n) is 2.54. The number of fused-ring (bicyclic) bond motifs is 1. The first-order chi connectivity index (χ1) is 12.2. The lowest BCUT2D eigenvalue weighted by Crippen LogP contribution is -2.09. The van der Waals surface area contributed by atoms with Crippen LogP contribution in [0.1, 0.15) is 0 Å². The zero-order chi connectivity index (χ0) is 17.2. The Morgan fingerprint density at radius 3 is 2.20 bits per heavy atom. The Bertz CT molecular complexity index is 1090. The number of rotatable bonds is 3. The van der Waals surface area contributed by atoms with Crippen LogP contribution in [0.4, 0.5) is 0 Å². The predicted octanol–water partition coefficient (Wildman–Crippen LogP) is 5.14. The van der Waals surface area contributed by atoms with Crippen molar-refractivity contribution in [3.8, 4) is 22.9 Å². The van der Waals surface area contributed by atoms with Crippen LogP contribution in [0.25, 0.3) is 22.3 Å². The highest BCUT2D eigenvalue weighted by atomic mass is 79.9. The van der Waals surface area contributed by atoms with Crippen LogP contribution < -0.4 is 10.3 Å². The van der Waals surface area contributed by atoms with Gasteiger partial charge in [0.05, 0.1) is 10.9 Å². The van der Waals surface area contributed by atoms with Crippen molar-refractivity contribution in [2.24, 2.45) is 0 Å². The van der Waals surface area contributed by atoms with E-state index in [9.17, 15) is 4.79 Å². The molecule has 0 atom stereocenters. The molecule has 4 nitrogen and oxygen atoms in total. The van der Waals surface area contributed by atoms with Crippen molar-refractivity contribution in [3.05, 3.63) is 87.6 Å². The van der Waals surface area contributed by atoms with Crippen molar-refractivity contribution in [2.75, 3.05) is 0 Å². The topological polar surface area (TPSA) is 55.0 Å². The molecule has 0 amide bonds. The van der Waals surface area contributed by atoms with Crippen molar-refractivity contribution in [1.29, 1.82) is 0 Å². The predicted molar refractivity (Wildman–Crippen MR) is 102 cm³/mol. The van der Waals surface area contributed by atoms with E-state index in [0.717, 1.165) is 15.8 Å². The second kappa shape index (κ2) is 6.53. The molecule has 0 spiro atoms. The molecule has 1 N–H and O–H groups in total. The Morgan fingerprint density at radius 1 is 0.840 bits per heavy atom. The second-order valence-electron chi connectivity index (χ2n) is 5.51. The van der Waals surface area contributed by atoms with Crippen molar-refractivity contribution < 1.29 is 4.74 Å². The summed E-state index contributed by atoms with van der Waals surface area (Å²) in [5, 5.41) is 0.585. The van der Waals surface area contributed by atoms with Gasteiger partial charge in [0.1, 0.15) is 17.3 Å². The lowest BCUT2D eigenvalue weighted by Gasteiger charge is -2.07. The quantitative estimate of drug-likeness (QED) is 0.524. The van der Waals surface area contributed by atoms with Gasteiger partial charge in [-0.2, -0.15) is 0 Å². The zero-order valence-electron chi connectivity index (χ0n) is 13.1. The minimum Gasteiger partial charge on any atom is -0.457 e. The molecule has 1 heterocycles. The van der Waals surface area contributed by atoms with E-state index in [1.165, 1.54) is 0 Å². The minimum atomic E-state index is -0.143. The third kappa shape index (κ3) is 3.32. The third-order valence-electron chi connectivity index (χ3n) is 3.79. The van der Waals surface area contributed by atoms with Crippen LogP contribution >= 0.6 is 15.9 Å². The van der Waals surface area contributed by atoms with E-state index in [1.807, 2.05) is 66.7 Å². The van der Waals surface area contributed by atoms with E-state index >= 15 is 0 Å². The van der Waals surface area contributed by atoms with Gasteiger partial charge in [-0.05, 0) is 60.7 Å². The second-order valence-corrected chi connectivity index (χ2v) is 6.43. The number of aromatic nitrogens is 2. The first-order valence-electron chi connectivity index (χ1n) is 7.72. The number of hydrogen-bond acceptors (Lipinski definition) is 3. The van der Waals surface area contributed by atoms with Gasteiger partial charge in [0, 0.05) is 10.0 Å². The molecule has 4 rings (SSSR count). The summed E-state index contributed by atoms with van der Waals surface area (Å²) in [5.41, 5.74) is 1.36. The highest BCUT2D eigenvalue weighted by Crippen LogP contribution is 2.25. The molecule has 5 heteroatoms. The molecule has 0 saturated carbocycles. The summed E-state index contributed by atoms with van der Waals surface area (Å²) in [4.78, 5) is 19.5. The zero-order valence-corrected chi connectivity index (χ0v) is 14.7. The molecule has 0 saturated heterocycles. The molecule has 122 valence electrons. The highest BCUT2D eigenvalue weighted by Gasteiger charge is 2.06. The van der Waals surface area contributed by atoms with Gasteiger partial charge in [0.25, 0.3) is 5.56 Å². The summed E-state index contributed by atoms with van der Waals surface area (Å²) in [6.07, 6.45) is 0. The highest BCUT2D eigenvalue weighted by molar-refractivity contribution is 9.10. The number of para-hydroxylation sites is 1. The number of nitrogens with one attached hydrogen (secondary N) is 1. The molecule has 0 aliphatic carbocycles. The van der Waals surface area contributed by atoms with Gasteiger partial charge in [0.15, 0.2) is 0 Å². The van der Waals surface area contributed by atoms with Crippen LogP contribution in [0.15, 0.2) is 82.1 Å². The van der Waals surface area contributed by atoms with E-state index in [2.05, 4.69) is 25.9 Å². The fourth-order valence-corrected chi connectivity index (χ4v) is 2.81. The van der Waals surface area contributed by atoms with Gasteiger partial charge in [-0.1, -0.05) is 28.1 Å². The molecule has 3 aromatic carbocycles. The average Bonchev–Trinajstić information content (AvgIpc) is 2.64. The van der Waals surface area contributed by atoms with E-state index in [-0.39, 0.29) is 5.56 Å². The number of nitrogens with zero attached hydrogens (tertiary/aromatic N) is 1. The number of aromatic amines is 1. The molecule has 1 aromatic heterocycles. The molecular weight excluding hydrogens is 380 g/mol. The molecule has 0 unspecified atom stereocenters. The monoisotopic (exact) mass is 392 g/mol. The van der Waals surface area contributed by atoms with Gasteiger partial charge in [-0.3, -0.25) is 4.79 Å². The Kier molecular flexibility index (Phi) is 4.07. The Morgan fingerprint density at radius 2 is 1.48 bits per heavy atom. The third-order valence-corrected chi connectivity index (χ3v) is 4.32. The lowest BCUT2D eigenvalue weighted by atomic mass is 10.2. The van der Waals surface area contributed by atoms with E-state index in [1.54, 1.807) is 6.07 Å². The standard InChI is InChI=1S/C20H13BrN2O2/c21-14-7-11-16(12-8-14)25-15-9-5-13(6-10-15)19-22-18-4-2-1-3-17(18)20(24)23-19/h1-12H,(H,22,23,24). The summed E-state index contributed by atoms with van der Waals surface area (Å²) < 4.78 is 6.81. The molecule has 0 fully saturated rings. The fraction of sp³-hybridized carbons (Fsp3) is 0. The first-order valence-corrected chi connectivity index (χ1v) is 8.51. The Balaban J connectivity index is 1.64. The van der Waals surface area contributed by atoms with Crippen molar-refractivity contribution >= 4 is 26.8 Å². The van der Waals surface area contributed by atoms with Crippen molar-refractivity contribution in [1.82, 2.24) is 9.97 Å². The summed E-state index contributed by atoms with van der Waals surface area (Å²) in [5.74, 6) is 2.02. The summed E-state index contributed by atoms with van der Waals surface area (Å²) in [7, 11) is 0. The maximum atomic E-state index is 12.2. The number of benzene rings is 3. The van der Waals surface area contributed by atoms with Gasteiger partial charge in [-0.15, -0.1) is 0 Å². The van der Waals surface area contributed by atoms with E-state index in [4.69, 9.17) is 4.74 Å². The van der Waals surface area contributed by atoms with Crippen LogP contribution in [0, 0.1) is 0 Å². The average molecular weight is 393 g/mol. The lowest BCUT2D eigenvalue weighted by molar-refractivity contribution is 0.482. The Hall–Kier alpha value is -2.92. The molecule has 0 aliphatic rings. The number of halogens is 1. The summed E-state index contributed by atoms with van der Waals surface area (Å²) in [6, 6.07) is 22.4. The molecule has 0 bridgehead atoms. The van der Waals surface area contributed by atoms with E-state index in [0.29, 0.717) is 22.5 Å². The molecule has 0 radical (unpaired) electrons. The van der Waals surface area contributed by atoms with Crippen molar-refractivity contribution in [3.63, 3.8) is 0 Å². The molecule has 4 aromatic rings. The van der Waals surface area contributed by atoms with Crippen LogP contribution in [-0.2, 0) is 0 Å². The summed E-state index contributed by atoms with van der Waals surface area (Å²) >= 11 is 3.40. The normalized spacial score (nSPS) is 10.8. The van der Waals surface area contributed by atoms with Crippen LogP contribution in [-0.4, -0.2) is 9.97 Å². The molecule has 25 heavy (non-hydrogen) atoms. The SMILES string of the molecule is O=c1[nH]c(-c2ccc(Oc3ccc(Br)cc3)cc2)nc2ccccc12. The maximum absolute atomic E-state index is 12.2. The van der Waals surface area contributed by atoms with Gasteiger partial charge >= 0.3 is 0 Å². The number of hydrogen-bond donors (Lipinski definition) is 1. The molecular formula is C20H13BrN2O2. The van der Waals surface area contributed by atoms with Crippen LogP contribution in [0.2, 0.25) is 0 Å². The van der Waals surface area contributed by atoms with Gasteiger partial charge < -0.3 is 9.72 Å².